The molecule has 1 heterocycles. The zero-order valence-corrected chi connectivity index (χ0v) is 9.73. The number of aromatic nitrogens is 1. The molecule has 1 aromatic heterocycles. The van der Waals surface area contributed by atoms with Crippen LogP contribution in [0.15, 0.2) is 5.51 Å². The Labute approximate surface area is 89.7 Å². The Bertz CT molecular complexity index is 260. The third kappa shape index (κ3) is 3.74. The fraction of sp³-hybridized carbons (Fsp3) is 0.700. The van der Waals surface area contributed by atoms with Gasteiger partial charge in [-0.1, -0.05) is 6.92 Å². The second-order valence-corrected chi connectivity index (χ2v) is 4.43. The normalized spacial score (nSPS) is 13.1. The molecule has 1 unspecified atom stereocenters. The van der Waals surface area contributed by atoms with Crippen LogP contribution in [0.3, 0.4) is 0 Å². The standard InChI is InChI=1S/C10H19N3S/c1-3-9(11)4-5-12-6-10-8(2)13-7-14-10/h7,9,12H,3-6,11H2,1-2H3. The molecule has 0 aliphatic carbocycles. The Balaban J connectivity index is 2.13. The van der Waals surface area contributed by atoms with E-state index in [1.165, 1.54) is 4.88 Å². The van der Waals surface area contributed by atoms with Gasteiger partial charge < -0.3 is 11.1 Å². The average Bonchev–Trinajstić information content (AvgIpc) is 2.58. The molecule has 0 aliphatic rings. The highest BCUT2D eigenvalue weighted by Gasteiger charge is 2.01. The van der Waals surface area contributed by atoms with Crippen molar-refractivity contribution in [2.75, 3.05) is 6.54 Å². The number of hydrogen-bond donors (Lipinski definition) is 2. The summed E-state index contributed by atoms with van der Waals surface area (Å²) in [6, 6.07) is 0.338. The van der Waals surface area contributed by atoms with Gasteiger partial charge in [-0.2, -0.15) is 0 Å². The highest BCUT2D eigenvalue weighted by Crippen LogP contribution is 2.10. The van der Waals surface area contributed by atoms with Crippen LogP contribution in [0.5, 0.6) is 0 Å². The molecule has 80 valence electrons. The number of thiazole rings is 1. The first kappa shape index (κ1) is 11.6. The Morgan fingerprint density at radius 3 is 3.00 bits per heavy atom. The van der Waals surface area contributed by atoms with Gasteiger partial charge in [0, 0.05) is 17.5 Å². The second-order valence-electron chi connectivity index (χ2n) is 3.49. The summed E-state index contributed by atoms with van der Waals surface area (Å²) in [5.41, 5.74) is 8.85. The molecule has 0 saturated carbocycles. The molecule has 3 N–H and O–H groups in total. The van der Waals surface area contributed by atoms with Crippen molar-refractivity contribution in [2.24, 2.45) is 5.73 Å². The Morgan fingerprint density at radius 1 is 1.64 bits per heavy atom. The van der Waals surface area contributed by atoms with Crippen molar-refractivity contribution in [3.8, 4) is 0 Å². The lowest BCUT2D eigenvalue weighted by molar-refractivity contribution is 0.550. The van der Waals surface area contributed by atoms with Crippen molar-refractivity contribution in [3.05, 3.63) is 16.1 Å². The topological polar surface area (TPSA) is 50.9 Å². The SMILES string of the molecule is CCC(N)CCNCc1scnc1C. The van der Waals surface area contributed by atoms with Gasteiger partial charge in [-0.05, 0) is 26.3 Å². The first-order valence-electron chi connectivity index (χ1n) is 5.09. The van der Waals surface area contributed by atoms with E-state index in [2.05, 4.69) is 17.2 Å². The number of nitrogens with one attached hydrogen (secondary N) is 1. The van der Waals surface area contributed by atoms with Gasteiger partial charge in [0.25, 0.3) is 0 Å². The lowest BCUT2D eigenvalue weighted by Crippen LogP contribution is -2.25. The van der Waals surface area contributed by atoms with Crippen LogP contribution in [-0.2, 0) is 6.54 Å². The molecule has 0 fully saturated rings. The van der Waals surface area contributed by atoms with E-state index in [0.29, 0.717) is 6.04 Å². The molecule has 0 radical (unpaired) electrons. The first-order valence-corrected chi connectivity index (χ1v) is 5.97. The Morgan fingerprint density at radius 2 is 2.43 bits per heavy atom. The quantitative estimate of drug-likeness (QED) is 0.707. The van der Waals surface area contributed by atoms with Crippen LogP contribution in [-0.4, -0.2) is 17.6 Å². The molecule has 0 amide bonds. The van der Waals surface area contributed by atoms with E-state index >= 15 is 0 Å². The fourth-order valence-corrected chi connectivity index (χ4v) is 1.94. The summed E-state index contributed by atoms with van der Waals surface area (Å²) in [6.07, 6.45) is 2.11. The minimum Gasteiger partial charge on any atom is -0.328 e. The minimum absolute atomic E-state index is 0.338. The number of nitrogens with two attached hydrogens (primary N) is 1. The van der Waals surface area contributed by atoms with Gasteiger partial charge in [-0.3, -0.25) is 0 Å². The molecule has 3 nitrogen and oxygen atoms in total. The monoisotopic (exact) mass is 213 g/mol. The van der Waals surface area contributed by atoms with Crippen molar-refractivity contribution in [3.63, 3.8) is 0 Å². The van der Waals surface area contributed by atoms with Crippen LogP contribution >= 0.6 is 11.3 Å². The van der Waals surface area contributed by atoms with Crippen LogP contribution in [0.25, 0.3) is 0 Å². The Kier molecular flexibility index (Phi) is 5.07. The molecule has 1 atom stereocenters. The number of rotatable bonds is 6. The highest BCUT2D eigenvalue weighted by atomic mass is 32.1. The summed E-state index contributed by atoms with van der Waals surface area (Å²) in [4.78, 5) is 5.53. The minimum atomic E-state index is 0.338. The first-order chi connectivity index (χ1) is 6.74. The molecule has 0 spiro atoms. The van der Waals surface area contributed by atoms with E-state index in [4.69, 9.17) is 5.73 Å². The lowest BCUT2D eigenvalue weighted by atomic mass is 10.2. The van der Waals surface area contributed by atoms with Crippen LogP contribution in [0.1, 0.15) is 30.3 Å². The lowest BCUT2D eigenvalue weighted by Gasteiger charge is -2.08. The van der Waals surface area contributed by atoms with E-state index in [1.807, 2.05) is 12.4 Å². The zero-order chi connectivity index (χ0) is 10.4. The summed E-state index contributed by atoms with van der Waals surface area (Å²) in [5, 5.41) is 3.38. The molecular weight excluding hydrogens is 194 g/mol. The van der Waals surface area contributed by atoms with Crippen molar-refractivity contribution in [1.82, 2.24) is 10.3 Å². The number of aryl methyl sites for hydroxylation is 1. The van der Waals surface area contributed by atoms with Gasteiger partial charge in [-0.15, -0.1) is 11.3 Å². The van der Waals surface area contributed by atoms with E-state index < -0.39 is 0 Å². The summed E-state index contributed by atoms with van der Waals surface area (Å²) < 4.78 is 0. The van der Waals surface area contributed by atoms with Crippen LogP contribution in [0.4, 0.5) is 0 Å². The molecule has 1 rings (SSSR count). The maximum Gasteiger partial charge on any atom is 0.0798 e. The molecule has 0 bridgehead atoms. The van der Waals surface area contributed by atoms with Gasteiger partial charge in [0.05, 0.1) is 11.2 Å². The maximum absolute atomic E-state index is 5.81. The molecule has 0 aliphatic heterocycles. The predicted octanol–water partition coefficient (Wildman–Crippen LogP) is 1.67. The molecule has 14 heavy (non-hydrogen) atoms. The van der Waals surface area contributed by atoms with Gasteiger partial charge in [0.2, 0.25) is 0 Å². The number of hydrogen-bond acceptors (Lipinski definition) is 4. The molecular formula is C10H19N3S. The highest BCUT2D eigenvalue weighted by molar-refractivity contribution is 7.09. The van der Waals surface area contributed by atoms with Gasteiger partial charge in [0.15, 0.2) is 0 Å². The van der Waals surface area contributed by atoms with Crippen molar-refractivity contribution in [2.45, 2.75) is 39.3 Å². The zero-order valence-electron chi connectivity index (χ0n) is 8.92. The summed E-state index contributed by atoms with van der Waals surface area (Å²) >= 11 is 1.71. The maximum atomic E-state index is 5.81. The largest absolute Gasteiger partial charge is 0.328 e. The van der Waals surface area contributed by atoms with E-state index in [-0.39, 0.29) is 0 Å². The fourth-order valence-electron chi connectivity index (χ4n) is 1.19. The molecule has 0 saturated heterocycles. The Hall–Kier alpha value is -0.450. The summed E-state index contributed by atoms with van der Waals surface area (Å²) in [6.45, 7) is 6.09. The van der Waals surface area contributed by atoms with Crippen molar-refractivity contribution in [1.29, 1.82) is 0 Å². The van der Waals surface area contributed by atoms with Crippen LogP contribution in [0.2, 0.25) is 0 Å². The average molecular weight is 213 g/mol. The molecule has 4 heteroatoms. The van der Waals surface area contributed by atoms with Crippen LogP contribution < -0.4 is 11.1 Å². The second kappa shape index (κ2) is 6.11. The van der Waals surface area contributed by atoms with Gasteiger partial charge in [0.1, 0.15) is 0 Å². The van der Waals surface area contributed by atoms with Crippen molar-refractivity contribution < 1.29 is 0 Å². The third-order valence-electron chi connectivity index (χ3n) is 2.35. The van der Waals surface area contributed by atoms with E-state index in [1.54, 1.807) is 11.3 Å². The number of nitrogens with zero attached hydrogens (tertiary/aromatic N) is 1. The molecule has 1 aromatic rings. The van der Waals surface area contributed by atoms with Gasteiger partial charge in [-0.25, -0.2) is 4.98 Å². The predicted molar refractivity (Wildman–Crippen MR) is 61.4 cm³/mol. The third-order valence-corrected chi connectivity index (χ3v) is 3.28. The summed E-state index contributed by atoms with van der Waals surface area (Å²) in [7, 11) is 0. The van der Waals surface area contributed by atoms with Crippen molar-refractivity contribution >= 4 is 11.3 Å². The van der Waals surface area contributed by atoms with E-state index in [0.717, 1.165) is 31.6 Å². The molecule has 0 aromatic carbocycles. The summed E-state index contributed by atoms with van der Waals surface area (Å²) in [5.74, 6) is 0. The smallest absolute Gasteiger partial charge is 0.0798 e. The van der Waals surface area contributed by atoms with Gasteiger partial charge >= 0.3 is 0 Å². The van der Waals surface area contributed by atoms with E-state index in [9.17, 15) is 0 Å². The van der Waals surface area contributed by atoms with Crippen LogP contribution in [0, 0.1) is 6.92 Å².